The number of carbonyl (C=O) groups is 2. The van der Waals surface area contributed by atoms with Gasteiger partial charge in [-0.25, -0.2) is 9.18 Å². The van der Waals surface area contributed by atoms with Crippen molar-refractivity contribution < 1.29 is 14.0 Å². The molecule has 3 amide bonds. The van der Waals surface area contributed by atoms with Gasteiger partial charge in [0.25, 0.3) is 5.91 Å². The molecule has 0 radical (unpaired) electrons. The van der Waals surface area contributed by atoms with Crippen molar-refractivity contribution in [2.24, 2.45) is 5.10 Å². The van der Waals surface area contributed by atoms with Gasteiger partial charge in [-0.05, 0) is 42.0 Å². The van der Waals surface area contributed by atoms with Gasteiger partial charge in [-0.2, -0.15) is 5.10 Å². The summed E-state index contributed by atoms with van der Waals surface area (Å²) in [5.41, 5.74) is 1.63. The van der Waals surface area contributed by atoms with Crippen LogP contribution in [0.3, 0.4) is 0 Å². The summed E-state index contributed by atoms with van der Waals surface area (Å²) >= 11 is 5.86. The molecule has 9 heteroatoms. The highest BCUT2D eigenvalue weighted by molar-refractivity contribution is 6.30. The lowest BCUT2D eigenvalue weighted by atomic mass is 10.0. The molecule has 166 valence electrons. The lowest BCUT2D eigenvalue weighted by Gasteiger charge is -2.21. The minimum absolute atomic E-state index is 0.0357. The van der Waals surface area contributed by atoms with Gasteiger partial charge in [0.1, 0.15) is 11.9 Å². The highest BCUT2D eigenvalue weighted by Gasteiger charge is 2.25. The Morgan fingerprint density at radius 2 is 1.72 bits per heavy atom. The summed E-state index contributed by atoms with van der Waals surface area (Å²) in [7, 11) is 3.48. The van der Waals surface area contributed by atoms with Crippen LogP contribution in [0.25, 0.3) is 0 Å². The minimum Gasteiger partial charge on any atom is -0.322 e. The molecule has 1 atom stereocenters. The molecule has 2 aromatic carbocycles. The SMILES string of the molecule is CN(C)N=C1C=CC(NC(=O)C(NC(=O)Nc2ccc(Cl)cc2)c2ccccc2)=C(F)C1. The van der Waals surface area contributed by atoms with Crippen LogP contribution in [-0.4, -0.2) is 36.8 Å². The first-order chi connectivity index (χ1) is 15.3. The van der Waals surface area contributed by atoms with Gasteiger partial charge in [-0.1, -0.05) is 41.9 Å². The molecule has 3 N–H and O–H groups in total. The standard InChI is InChI=1S/C23H23ClFN5O2/c1-30(2)29-18-12-13-20(19(25)14-18)27-22(31)21(15-6-4-3-5-7-15)28-23(32)26-17-10-8-16(24)9-11-17/h3-13,21H,14H2,1-2H3,(H,27,31)(H2,26,28,32). The molecule has 7 nitrogen and oxygen atoms in total. The van der Waals surface area contributed by atoms with E-state index in [-0.39, 0.29) is 12.1 Å². The molecule has 0 aliphatic heterocycles. The van der Waals surface area contributed by atoms with Gasteiger partial charge in [0, 0.05) is 31.2 Å². The van der Waals surface area contributed by atoms with Crippen molar-refractivity contribution >= 4 is 34.9 Å². The first-order valence-corrected chi connectivity index (χ1v) is 10.2. The predicted molar refractivity (Wildman–Crippen MR) is 124 cm³/mol. The fourth-order valence-corrected chi connectivity index (χ4v) is 3.13. The first kappa shape index (κ1) is 23.0. The zero-order chi connectivity index (χ0) is 23.1. The summed E-state index contributed by atoms with van der Waals surface area (Å²) in [6, 6.07) is 13.6. The average molecular weight is 456 g/mol. The maximum Gasteiger partial charge on any atom is 0.320 e. The quantitative estimate of drug-likeness (QED) is 0.565. The average Bonchev–Trinajstić information content (AvgIpc) is 2.75. The number of nitrogens with zero attached hydrogens (tertiary/aromatic N) is 2. The largest absolute Gasteiger partial charge is 0.322 e. The zero-order valence-corrected chi connectivity index (χ0v) is 18.4. The predicted octanol–water partition coefficient (Wildman–Crippen LogP) is 4.38. The molecule has 0 fully saturated rings. The molecule has 1 aliphatic rings. The highest BCUT2D eigenvalue weighted by Crippen LogP contribution is 2.20. The third-order valence-electron chi connectivity index (χ3n) is 4.43. The van der Waals surface area contributed by atoms with Crippen LogP contribution in [0.1, 0.15) is 18.0 Å². The number of urea groups is 1. The van der Waals surface area contributed by atoms with Crippen molar-refractivity contribution in [3.63, 3.8) is 0 Å². The van der Waals surface area contributed by atoms with Crippen LogP contribution >= 0.6 is 11.6 Å². The summed E-state index contributed by atoms with van der Waals surface area (Å²) in [6.07, 6.45) is 3.05. The van der Waals surface area contributed by atoms with Crippen molar-refractivity contribution in [3.05, 3.63) is 88.9 Å². The lowest BCUT2D eigenvalue weighted by Crippen LogP contribution is -2.42. The number of hydrogen-bond donors (Lipinski definition) is 3. The van der Waals surface area contributed by atoms with E-state index in [0.717, 1.165) is 0 Å². The van der Waals surface area contributed by atoms with E-state index in [1.165, 1.54) is 6.08 Å². The second-order valence-electron chi connectivity index (χ2n) is 7.21. The Hall–Kier alpha value is -3.65. The highest BCUT2D eigenvalue weighted by atomic mass is 35.5. The minimum atomic E-state index is -1.05. The Labute approximate surface area is 190 Å². The first-order valence-electron chi connectivity index (χ1n) is 9.82. The van der Waals surface area contributed by atoms with Crippen LogP contribution < -0.4 is 16.0 Å². The number of halogens is 2. The fraction of sp³-hybridized carbons (Fsp3) is 0.174. The fourth-order valence-electron chi connectivity index (χ4n) is 3.00. The van der Waals surface area contributed by atoms with Crippen LogP contribution in [0, 0.1) is 0 Å². The second kappa shape index (κ2) is 10.6. The van der Waals surface area contributed by atoms with E-state index in [4.69, 9.17) is 11.6 Å². The third-order valence-corrected chi connectivity index (χ3v) is 4.68. The van der Waals surface area contributed by atoms with Gasteiger partial charge in [0.15, 0.2) is 0 Å². The molecule has 0 saturated heterocycles. The molecule has 3 rings (SSSR count). The number of benzene rings is 2. The van der Waals surface area contributed by atoms with Crippen LogP contribution in [-0.2, 0) is 4.79 Å². The topological polar surface area (TPSA) is 85.8 Å². The molecule has 0 bridgehead atoms. The normalized spacial score (nSPS) is 15.3. The maximum atomic E-state index is 14.6. The lowest BCUT2D eigenvalue weighted by molar-refractivity contribution is -0.122. The van der Waals surface area contributed by atoms with Crippen molar-refractivity contribution in [1.29, 1.82) is 0 Å². The number of allylic oxidation sites excluding steroid dienone is 3. The van der Waals surface area contributed by atoms with Crippen molar-refractivity contribution in [1.82, 2.24) is 15.6 Å². The van der Waals surface area contributed by atoms with Gasteiger partial charge < -0.3 is 21.0 Å². The second-order valence-corrected chi connectivity index (χ2v) is 7.64. The van der Waals surface area contributed by atoms with E-state index < -0.39 is 23.8 Å². The molecule has 1 unspecified atom stereocenters. The Morgan fingerprint density at radius 1 is 1.03 bits per heavy atom. The summed E-state index contributed by atoms with van der Waals surface area (Å²) in [6.45, 7) is 0. The molecule has 32 heavy (non-hydrogen) atoms. The van der Waals surface area contributed by atoms with E-state index in [0.29, 0.717) is 22.0 Å². The Bertz CT molecular complexity index is 1070. The number of rotatable bonds is 6. The van der Waals surface area contributed by atoms with E-state index in [1.807, 2.05) is 0 Å². The Kier molecular flexibility index (Phi) is 7.62. The van der Waals surface area contributed by atoms with Gasteiger partial charge in [-0.3, -0.25) is 4.79 Å². The van der Waals surface area contributed by atoms with Crippen molar-refractivity contribution in [3.8, 4) is 0 Å². The molecular weight excluding hydrogens is 433 g/mol. The number of anilines is 1. The summed E-state index contributed by atoms with van der Waals surface area (Å²) < 4.78 is 14.6. The summed E-state index contributed by atoms with van der Waals surface area (Å²) in [5, 5.41) is 14.1. The molecule has 1 aliphatic carbocycles. The Morgan fingerprint density at radius 3 is 2.34 bits per heavy atom. The van der Waals surface area contributed by atoms with Crippen LogP contribution in [0.4, 0.5) is 14.9 Å². The van der Waals surface area contributed by atoms with E-state index in [1.54, 1.807) is 79.8 Å². The smallest absolute Gasteiger partial charge is 0.320 e. The van der Waals surface area contributed by atoms with Gasteiger partial charge in [0.05, 0.1) is 11.4 Å². The van der Waals surface area contributed by atoms with E-state index >= 15 is 0 Å². The molecule has 0 aromatic heterocycles. The van der Waals surface area contributed by atoms with Gasteiger partial charge in [0.2, 0.25) is 0 Å². The van der Waals surface area contributed by atoms with E-state index in [9.17, 15) is 14.0 Å². The molecule has 0 spiro atoms. The zero-order valence-electron chi connectivity index (χ0n) is 17.6. The number of hydrogen-bond acceptors (Lipinski definition) is 4. The molecular formula is C23H23ClFN5O2. The number of nitrogens with one attached hydrogen (secondary N) is 3. The molecule has 0 heterocycles. The third kappa shape index (κ3) is 6.42. The molecule has 2 aromatic rings. The Balaban J connectivity index is 1.74. The van der Waals surface area contributed by atoms with Crippen molar-refractivity contribution in [2.45, 2.75) is 12.5 Å². The molecule has 0 saturated carbocycles. The van der Waals surface area contributed by atoms with Gasteiger partial charge >= 0.3 is 6.03 Å². The van der Waals surface area contributed by atoms with Crippen molar-refractivity contribution in [2.75, 3.05) is 19.4 Å². The summed E-state index contributed by atoms with van der Waals surface area (Å²) in [5.74, 6) is -1.09. The van der Waals surface area contributed by atoms with Crippen LogP contribution in [0.15, 0.2) is 83.4 Å². The number of carbonyl (C=O) groups excluding carboxylic acids is 2. The maximum absolute atomic E-state index is 14.6. The van der Waals surface area contributed by atoms with Crippen LogP contribution in [0.2, 0.25) is 5.02 Å². The number of hydrazone groups is 1. The van der Waals surface area contributed by atoms with Gasteiger partial charge in [-0.15, -0.1) is 0 Å². The monoisotopic (exact) mass is 455 g/mol. The van der Waals surface area contributed by atoms with E-state index in [2.05, 4.69) is 21.1 Å². The number of amides is 3. The van der Waals surface area contributed by atoms with Crippen LogP contribution in [0.5, 0.6) is 0 Å². The summed E-state index contributed by atoms with van der Waals surface area (Å²) in [4.78, 5) is 25.5.